The number of rotatable bonds is 10. The number of methoxy groups -OCH3 is 1. The van der Waals surface area contributed by atoms with Gasteiger partial charge in [-0.25, -0.2) is 31.4 Å². The average molecular weight is 836 g/mol. The van der Waals surface area contributed by atoms with E-state index >= 15 is 13.6 Å². The van der Waals surface area contributed by atoms with Crippen LogP contribution < -0.4 is 19.5 Å². The molecule has 2 aromatic rings. The molecule has 0 spiro atoms. The minimum absolute atomic E-state index is 0.0554. The Morgan fingerprint density at radius 2 is 1.84 bits per heavy atom. The molecule has 3 heterocycles. The molecule has 1 saturated heterocycles. The number of carboxylic acid groups (broad SMARTS) is 1. The van der Waals surface area contributed by atoms with Crippen LogP contribution in [0.4, 0.5) is 18.0 Å². The molecule has 2 saturated carbocycles. The van der Waals surface area contributed by atoms with Crippen LogP contribution in [0, 0.1) is 23.6 Å². The van der Waals surface area contributed by atoms with E-state index in [9.17, 15) is 32.3 Å². The van der Waals surface area contributed by atoms with Crippen LogP contribution in [0.5, 0.6) is 11.6 Å². The molecule has 2 aliphatic heterocycles. The van der Waals surface area contributed by atoms with E-state index in [1.165, 1.54) is 31.5 Å². The van der Waals surface area contributed by atoms with Gasteiger partial charge in [-0.2, -0.15) is 0 Å². The van der Waals surface area contributed by atoms with Crippen LogP contribution in [-0.4, -0.2) is 106 Å². The van der Waals surface area contributed by atoms with E-state index in [0.29, 0.717) is 48.6 Å². The number of hydrogen-bond donors (Lipinski definition) is 3. The van der Waals surface area contributed by atoms with Crippen LogP contribution >= 0.6 is 0 Å². The van der Waals surface area contributed by atoms with E-state index < -0.39 is 91.9 Å². The van der Waals surface area contributed by atoms with Gasteiger partial charge in [0.15, 0.2) is 0 Å². The lowest BCUT2D eigenvalue weighted by Gasteiger charge is -2.47. The molecule has 0 unspecified atom stereocenters. The number of nitrogens with zero attached hydrogens (tertiary/aromatic N) is 3. The number of allylic oxidation sites excluding steroid dienone is 1. The van der Waals surface area contributed by atoms with Crippen molar-refractivity contribution in [3.05, 3.63) is 42.4 Å². The summed E-state index contributed by atoms with van der Waals surface area (Å²) in [6.45, 7) is 6.00. The highest BCUT2D eigenvalue weighted by Crippen LogP contribution is 2.47. The highest BCUT2D eigenvalue weighted by Gasteiger charge is 2.63. The molecule has 1 aromatic heterocycles. The minimum atomic E-state index is -4.02. The van der Waals surface area contributed by atoms with E-state index in [1.54, 1.807) is 13.0 Å². The Labute approximate surface area is 335 Å². The van der Waals surface area contributed by atoms with Gasteiger partial charge in [0.1, 0.15) is 40.8 Å². The van der Waals surface area contributed by atoms with Crippen LogP contribution in [0.25, 0.3) is 10.8 Å². The Morgan fingerprint density at radius 3 is 2.47 bits per heavy atom. The second-order valence-corrected chi connectivity index (χ2v) is 18.8. The molecule has 4 aliphatic rings. The first-order valence-corrected chi connectivity index (χ1v) is 21.2. The highest BCUT2D eigenvalue weighted by atomic mass is 32.2. The summed E-state index contributed by atoms with van der Waals surface area (Å²) < 4.78 is 85.1. The molecule has 318 valence electrons. The third-order valence-electron chi connectivity index (χ3n) is 12.4. The maximum atomic E-state index is 15.4. The van der Waals surface area contributed by atoms with Gasteiger partial charge in [-0.15, -0.1) is 0 Å². The summed E-state index contributed by atoms with van der Waals surface area (Å²) in [5.74, 6) is -8.13. The first-order valence-electron chi connectivity index (χ1n) is 19.7. The predicted molar refractivity (Wildman–Crippen MR) is 206 cm³/mol. The number of fused-ring (bicyclic) bond motifs is 3. The van der Waals surface area contributed by atoms with Crippen molar-refractivity contribution in [2.24, 2.45) is 17.8 Å². The smallest absolute Gasteiger partial charge is 0.408 e. The number of carbonyl (C=O) groups is 4. The normalized spacial score (nSPS) is 28.9. The Hall–Kier alpha value is -4.61. The maximum absolute atomic E-state index is 15.4. The monoisotopic (exact) mass is 835 g/mol. The number of halogens is 3. The summed E-state index contributed by atoms with van der Waals surface area (Å²) >= 11 is 0. The second kappa shape index (κ2) is 15.9. The molecular weight excluding hydrogens is 784 g/mol. The van der Waals surface area contributed by atoms with Crippen LogP contribution in [0.15, 0.2) is 36.5 Å². The van der Waals surface area contributed by atoms with E-state index in [0.717, 1.165) is 18.7 Å². The zero-order valence-electron chi connectivity index (χ0n) is 33.5. The number of amides is 4. The standard InChI is InChI=1S/C40H52F3N5O9S/c1-7-23-16-22(2)10-8-9-11-24-19-40(24,36(51)46-58(54,55)27-13-14-27)45-33(49)30-18-26(57-34-29-17-25(41)12-15-28(29)31(56-6)20-44-34)21-47(30)35(50)32(23)48(37(52)53)38(3,4)39(5,42)43/h9,11-12,15,17,20,22-24,26-27,30,32H,7-8,10,13-14,16,18-19,21H2,1-6H3,(H,45,49)(H,46,51)(H,52,53)/b11-9-/t22-,23-,24-,26-,30+,32+,40-/m1/s1. The zero-order chi connectivity index (χ0) is 42.5. The third-order valence-corrected chi connectivity index (χ3v) is 14.2. The molecule has 4 amide bonds. The van der Waals surface area contributed by atoms with Gasteiger partial charge in [0.2, 0.25) is 27.7 Å². The number of carbonyl (C=O) groups excluding carboxylic acids is 3. The van der Waals surface area contributed by atoms with Crippen molar-refractivity contribution in [1.82, 2.24) is 24.8 Å². The lowest BCUT2D eigenvalue weighted by molar-refractivity contribution is -0.157. The van der Waals surface area contributed by atoms with E-state index in [4.69, 9.17) is 9.47 Å². The van der Waals surface area contributed by atoms with Crippen LogP contribution in [0.3, 0.4) is 0 Å². The van der Waals surface area contributed by atoms with Crippen molar-refractivity contribution in [2.45, 2.75) is 126 Å². The molecule has 0 radical (unpaired) electrons. The molecule has 3 N–H and O–H groups in total. The van der Waals surface area contributed by atoms with Crippen molar-refractivity contribution in [2.75, 3.05) is 13.7 Å². The van der Waals surface area contributed by atoms with E-state index in [1.807, 2.05) is 13.0 Å². The van der Waals surface area contributed by atoms with Crippen molar-refractivity contribution in [1.29, 1.82) is 0 Å². The summed E-state index contributed by atoms with van der Waals surface area (Å²) in [5.41, 5.74) is -4.09. The fourth-order valence-corrected chi connectivity index (χ4v) is 9.69. The number of alkyl halides is 2. The third kappa shape index (κ3) is 8.30. The first kappa shape index (κ1) is 43.0. The van der Waals surface area contributed by atoms with Gasteiger partial charge < -0.3 is 24.8 Å². The van der Waals surface area contributed by atoms with E-state index in [2.05, 4.69) is 15.0 Å². The van der Waals surface area contributed by atoms with Crippen LogP contribution in [0.2, 0.25) is 0 Å². The summed E-state index contributed by atoms with van der Waals surface area (Å²) in [5, 5.41) is 13.4. The summed E-state index contributed by atoms with van der Waals surface area (Å²) in [6, 6.07) is 0.754. The van der Waals surface area contributed by atoms with Gasteiger partial charge in [0.05, 0.1) is 30.5 Å². The van der Waals surface area contributed by atoms with Crippen LogP contribution in [0.1, 0.15) is 86.0 Å². The number of nitrogens with one attached hydrogen (secondary N) is 2. The van der Waals surface area contributed by atoms with Crippen molar-refractivity contribution in [3.63, 3.8) is 0 Å². The minimum Gasteiger partial charge on any atom is -0.494 e. The van der Waals surface area contributed by atoms with Crippen molar-refractivity contribution >= 4 is 44.6 Å². The van der Waals surface area contributed by atoms with Gasteiger partial charge in [0.25, 0.3) is 11.8 Å². The first-order chi connectivity index (χ1) is 27.1. The molecule has 3 fully saturated rings. The molecule has 6 rings (SSSR count). The summed E-state index contributed by atoms with van der Waals surface area (Å²) in [6.07, 6.45) is 4.37. The van der Waals surface area contributed by atoms with Gasteiger partial charge in [-0.3, -0.25) is 24.0 Å². The van der Waals surface area contributed by atoms with Gasteiger partial charge >= 0.3 is 6.09 Å². The largest absolute Gasteiger partial charge is 0.494 e. The van der Waals surface area contributed by atoms with Gasteiger partial charge in [-0.1, -0.05) is 32.4 Å². The number of ether oxygens (including phenoxy) is 2. The highest BCUT2D eigenvalue weighted by molar-refractivity contribution is 7.91. The summed E-state index contributed by atoms with van der Waals surface area (Å²) in [4.78, 5) is 62.7. The fraction of sp³-hybridized carbons (Fsp3) is 0.625. The molecule has 58 heavy (non-hydrogen) atoms. The van der Waals surface area contributed by atoms with Crippen molar-refractivity contribution < 1.29 is 55.3 Å². The van der Waals surface area contributed by atoms with Gasteiger partial charge in [0, 0.05) is 24.6 Å². The molecule has 14 nitrogen and oxygen atoms in total. The van der Waals surface area contributed by atoms with Crippen LogP contribution in [-0.2, 0) is 24.4 Å². The topological polar surface area (TPSA) is 185 Å². The number of pyridine rings is 1. The molecular formula is C40H52F3N5O9S. The molecule has 1 aromatic carbocycles. The lowest BCUT2D eigenvalue weighted by Crippen LogP contribution is -2.67. The SMILES string of the molecule is CC[C@@H]1C[C@H](C)CC/C=C\[C@@H]2C[C@@]2(C(=O)NS(=O)(=O)C2CC2)NC(=O)[C@@H]2C[C@@H](Oc3ncc(OC)c4ccc(F)cc34)CN2C(=O)[C@H]1N(C(=O)O)C(C)(C)C(C)(F)F. The van der Waals surface area contributed by atoms with Gasteiger partial charge in [-0.05, 0) is 82.4 Å². The Balaban J connectivity index is 1.45. The van der Waals surface area contributed by atoms with Crippen molar-refractivity contribution in [3.8, 4) is 11.6 Å². The lowest BCUT2D eigenvalue weighted by atomic mass is 9.81. The summed E-state index contributed by atoms with van der Waals surface area (Å²) in [7, 11) is -2.60. The fourth-order valence-electron chi connectivity index (χ4n) is 8.33. The Bertz CT molecular complexity index is 2090. The Kier molecular flexibility index (Phi) is 11.8. The average Bonchev–Trinajstić information content (AvgIpc) is 4.07. The molecule has 0 bridgehead atoms. The second-order valence-electron chi connectivity index (χ2n) is 16.8. The predicted octanol–water partition coefficient (Wildman–Crippen LogP) is 5.40. The number of benzene rings is 1. The molecule has 2 aliphatic carbocycles. The number of hydrogen-bond acceptors (Lipinski definition) is 9. The molecule has 7 atom stereocenters. The zero-order valence-corrected chi connectivity index (χ0v) is 34.3. The quantitative estimate of drug-likeness (QED) is 0.262. The number of sulfonamides is 1. The molecule has 18 heteroatoms. The maximum Gasteiger partial charge on any atom is 0.408 e. The van der Waals surface area contributed by atoms with E-state index in [-0.39, 0.29) is 49.4 Å². The number of aromatic nitrogens is 1. The Morgan fingerprint density at radius 1 is 1.14 bits per heavy atom.